The monoisotopic (exact) mass is 489 g/mol. The van der Waals surface area contributed by atoms with Crippen LogP contribution >= 0.6 is 15.9 Å². The van der Waals surface area contributed by atoms with Crippen LogP contribution in [0.2, 0.25) is 0 Å². The Balaban J connectivity index is 1.43. The van der Waals surface area contributed by atoms with Crippen LogP contribution in [0.5, 0.6) is 0 Å². The molecule has 2 aliphatic heterocycles. The quantitative estimate of drug-likeness (QED) is 0.392. The zero-order chi connectivity index (χ0) is 22.6. The molecule has 0 unspecified atom stereocenters. The van der Waals surface area contributed by atoms with Gasteiger partial charge in [0, 0.05) is 17.1 Å². The van der Waals surface area contributed by atoms with E-state index in [1.165, 1.54) is 12.1 Å². The fourth-order valence-electron chi connectivity index (χ4n) is 3.68. The molecular formula is C24H16BrN3O4. The Hall–Kier alpha value is -3.78. The number of benzene rings is 2. The van der Waals surface area contributed by atoms with Crippen LogP contribution in [0.3, 0.4) is 0 Å². The Morgan fingerprint density at radius 3 is 2.38 bits per heavy atom. The topological polar surface area (TPSA) is 83.2 Å². The molecule has 3 amide bonds. The van der Waals surface area contributed by atoms with Gasteiger partial charge in [0.2, 0.25) is 0 Å². The summed E-state index contributed by atoms with van der Waals surface area (Å²) in [6, 6.07) is 15.8. The first-order valence-corrected chi connectivity index (χ1v) is 10.6. The molecule has 0 saturated heterocycles. The lowest BCUT2D eigenvalue weighted by atomic mass is 10.0. The largest absolute Gasteiger partial charge is 0.457 e. The molecular weight excluding hydrogens is 474 g/mol. The van der Waals surface area contributed by atoms with Gasteiger partial charge in [-0.1, -0.05) is 22.0 Å². The van der Waals surface area contributed by atoms with Crippen molar-refractivity contribution in [2.75, 3.05) is 12.1 Å². The fraction of sp³-hybridized carbons (Fsp3) is 0.0833. The van der Waals surface area contributed by atoms with Crippen LogP contribution in [-0.4, -0.2) is 35.4 Å². The number of hydrazone groups is 1. The number of anilines is 1. The van der Waals surface area contributed by atoms with Gasteiger partial charge in [0.15, 0.2) is 0 Å². The minimum Gasteiger partial charge on any atom is -0.457 e. The lowest BCUT2D eigenvalue weighted by molar-refractivity contribution is -0.114. The molecule has 158 valence electrons. The second-order valence-electron chi connectivity index (χ2n) is 7.47. The van der Waals surface area contributed by atoms with E-state index in [0.29, 0.717) is 45.2 Å². The van der Waals surface area contributed by atoms with E-state index in [0.717, 1.165) is 9.37 Å². The van der Waals surface area contributed by atoms with E-state index in [-0.39, 0.29) is 17.7 Å². The molecule has 0 aliphatic carbocycles. The minimum absolute atomic E-state index is 0.243. The summed E-state index contributed by atoms with van der Waals surface area (Å²) in [6.07, 6.45) is 1.65. The first kappa shape index (κ1) is 20.1. The summed E-state index contributed by atoms with van der Waals surface area (Å²) in [5.74, 6) is 0.116. The van der Waals surface area contributed by atoms with Crippen LogP contribution < -0.4 is 5.01 Å². The van der Waals surface area contributed by atoms with Crippen molar-refractivity contribution in [2.24, 2.45) is 5.10 Å². The van der Waals surface area contributed by atoms with E-state index in [1.54, 1.807) is 43.3 Å². The molecule has 0 fully saturated rings. The number of rotatable bonds is 3. The van der Waals surface area contributed by atoms with Crippen molar-refractivity contribution in [3.05, 3.63) is 81.5 Å². The Morgan fingerprint density at radius 2 is 1.62 bits per heavy atom. The molecule has 0 N–H and O–H groups in total. The van der Waals surface area contributed by atoms with Crippen molar-refractivity contribution in [3.8, 4) is 11.3 Å². The summed E-state index contributed by atoms with van der Waals surface area (Å²) in [5.41, 5.74) is 3.09. The van der Waals surface area contributed by atoms with E-state index < -0.39 is 0 Å². The number of hydrogen-bond acceptors (Lipinski definition) is 5. The van der Waals surface area contributed by atoms with Crippen molar-refractivity contribution in [1.29, 1.82) is 0 Å². The number of amides is 3. The van der Waals surface area contributed by atoms with Crippen LogP contribution in [0.25, 0.3) is 17.4 Å². The molecule has 0 spiro atoms. The van der Waals surface area contributed by atoms with Crippen molar-refractivity contribution in [1.82, 2.24) is 4.90 Å². The van der Waals surface area contributed by atoms with Gasteiger partial charge in [-0.05, 0) is 61.5 Å². The number of fused-ring (bicyclic) bond motifs is 1. The summed E-state index contributed by atoms with van der Waals surface area (Å²) < 4.78 is 6.83. The predicted molar refractivity (Wildman–Crippen MR) is 123 cm³/mol. The van der Waals surface area contributed by atoms with Gasteiger partial charge in [-0.25, -0.2) is 0 Å². The molecule has 2 aliphatic rings. The van der Waals surface area contributed by atoms with Gasteiger partial charge in [-0.3, -0.25) is 19.3 Å². The fourth-order valence-corrected chi connectivity index (χ4v) is 3.95. The predicted octanol–water partition coefficient (Wildman–Crippen LogP) is 4.74. The van der Waals surface area contributed by atoms with Crippen LogP contribution in [0.1, 0.15) is 33.4 Å². The van der Waals surface area contributed by atoms with Crippen molar-refractivity contribution < 1.29 is 18.8 Å². The van der Waals surface area contributed by atoms with Gasteiger partial charge in [-0.15, -0.1) is 0 Å². The van der Waals surface area contributed by atoms with E-state index >= 15 is 0 Å². The van der Waals surface area contributed by atoms with E-state index in [2.05, 4.69) is 21.0 Å². The highest BCUT2D eigenvalue weighted by Gasteiger charge is 2.33. The summed E-state index contributed by atoms with van der Waals surface area (Å²) >= 11 is 3.38. The molecule has 0 atom stereocenters. The molecule has 0 bridgehead atoms. The molecule has 7 nitrogen and oxygen atoms in total. The third-order valence-corrected chi connectivity index (χ3v) is 5.95. The molecule has 3 aromatic rings. The standard InChI is InChI=1S/C24H16BrN3O4/c1-13-19(24(31)28(26-13)16-6-4-15(25)5-7-16)12-17-8-10-21(32-17)14-3-9-18-20(11-14)23(30)27(2)22(18)29/h3-12H,1-2H3/b19-12-. The number of carbonyl (C=O) groups excluding carboxylic acids is 3. The van der Waals surface area contributed by atoms with Crippen molar-refractivity contribution in [3.63, 3.8) is 0 Å². The number of carbonyl (C=O) groups is 3. The first-order valence-electron chi connectivity index (χ1n) is 9.77. The van der Waals surface area contributed by atoms with Crippen molar-refractivity contribution >= 4 is 51.1 Å². The average molecular weight is 490 g/mol. The van der Waals surface area contributed by atoms with Gasteiger partial charge in [0.25, 0.3) is 17.7 Å². The molecule has 2 aromatic carbocycles. The maximum Gasteiger partial charge on any atom is 0.280 e. The average Bonchev–Trinajstić information content (AvgIpc) is 3.43. The zero-order valence-corrected chi connectivity index (χ0v) is 18.7. The maximum atomic E-state index is 12.9. The SMILES string of the molecule is CC1=NN(c2ccc(Br)cc2)C(=O)/C1=C\c1ccc(-c2ccc3c(c2)C(=O)N(C)C3=O)o1. The van der Waals surface area contributed by atoms with Crippen LogP contribution in [-0.2, 0) is 4.79 Å². The number of halogens is 1. The van der Waals surface area contributed by atoms with Crippen LogP contribution in [0, 0.1) is 0 Å². The second kappa shape index (κ2) is 7.42. The Labute approximate surface area is 191 Å². The van der Waals surface area contributed by atoms with E-state index in [1.807, 2.05) is 24.3 Å². The lowest BCUT2D eigenvalue weighted by Crippen LogP contribution is -2.24. The summed E-state index contributed by atoms with van der Waals surface area (Å²) in [5, 5.41) is 5.73. The maximum absolute atomic E-state index is 12.9. The van der Waals surface area contributed by atoms with E-state index in [9.17, 15) is 14.4 Å². The van der Waals surface area contributed by atoms with Gasteiger partial charge in [0.05, 0.1) is 28.1 Å². The minimum atomic E-state index is -0.336. The molecule has 0 saturated carbocycles. The van der Waals surface area contributed by atoms with Gasteiger partial charge in [0.1, 0.15) is 11.5 Å². The zero-order valence-electron chi connectivity index (χ0n) is 17.1. The molecule has 0 radical (unpaired) electrons. The molecule has 5 rings (SSSR count). The number of furan rings is 1. The molecule has 1 aromatic heterocycles. The van der Waals surface area contributed by atoms with Crippen LogP contribution in [0.4, 0.5) is 5.69 Å². The Bertz CT molecular complexity index is 1370. The van der Waals surface area contributed by atoms with Gasteiger partial charge < -0.3 is 4.42 Å². The Kier molecular flexibility index (Phi) is 4.67. The molecule has 32 heavy (non-hydrogen) atoms. The molecule has 8 heteroatoms. The highest BCUT2D eigenvalue weighted by atomic mass is 79.9. The molecule has 3 heterocycles. The third-order valence-electron chi connectivity index (χ3n) is 5.42. The smallest absolute Gasteiger partial charge is 0.280 e. The van der Waals surface area contributed by atoms with Crippen LogP contribution in [0.15, 0.2) is 74.2 Å². The van der Waals surface area contributed by atoms with Gasteiger partial charge in [-0.2, -0.15) is 10.1 Å². The lowest BCUT2D eigenvalue weighted by Gasteiger charge is -2.11. The number of nitrogens with zero attached hydrogens (tertiary/aromatic N) is 3. The summed E-state index contributed by atoms with van der Waals surface area (Å²) in [4.78, 5) is 38.4. The highest BCUT2D eigenvalue weighted by Crippen LogP contribution is 2.31. The Morgan fingerprint density at radius 1 is 0.906 bits per heavy atom. The third kappa shape index (κ3) is 3.20. The summed E-state index contributed by atoms with van der Waals surface area (Å²) in [7, 11) is 1.46. The number of hydrogen-bond donors (Lipinski definition) is 0. The van der Waals surface area contributed by atoms with Gasteiger partial charge >= 0.3 is 0 Å². The summed E-state index contributed by atoms with van der Waals surface area (Å²) in [6.45, 7) is 1.77. The van der Waals surface area contributed by atoms with E-state index in [4.69, 9.17) is 4.42 Å². The first-order chi connectivity index (χ1) is 15.3. The highest BCUT2D eigenvalue weighted by molar-refractivity contribution is 9.10. The van der Waals surface area contributed by atoms with Crippen molar-refractivity contribution in [2.45, 2.75) is 6.92 Å². The second-order valence-corrected chi connectivity index (χ2v) is 8.38. The number of imide groups is 1. The normalized spacial score (nSPS) is 16.9.